The molecule has 1 nitrogen and oxygen atoms in total. The topological polar surface area (TPSA) is 12.0 Å². The molecule has 0 spiro atoms. The van der Waals surface area contributed by atoms with Gasteiger partial charge in [0.05, 0.1) is 0 Å². The quantitative estimate of drug-likeness (QED) is 0.865. The van der Waals surface area contributed by atoms with Crippen molar-refractivity contribution in [1.82, 2.24) is 5.32 Å². The molecular weight excluding hydrogens is 237 g/mol. The summed E-state index contributed by atoms with van der Waals surface area (Å²) in [5, 5.41) is 3.24. The highest BCUT2D eigenvalue weighted by molar-refractivity contribution is 5.31. The summed E-state index contributed by atoms with van der Waals surface area (Å²) in [6.45, 7) is 4.11. The fourth-order valence-corrected chi connectivity index (χ4v) is 2.53. The lowest BCUT2D eigenvalue weighted by Gasteiger charge is -2.25. The first kappa shape index (κ1) is 13.8. The molecule has 0 aromatic heterocycles. The number of nitrogens with one attached hydrogen (secondary N) is 1. The van der Waals surface area contributed by atoms with E-state index in [0.29, 0.717) is 0 Å². The van der Waals surface area contributed by atoms with E-state index in [1.54, 1.807) is 12.1 Å². The second-order valence-electron chi connectivity index (χ2n) is 4.99. The van der Waals surface area contributed by atoms with Crippen LogP contribution in [0.2, 0.25) is 0 Å². The zero-order chi connectivity index (χ0) is 13.8. The number of likely N-dealkylation sites (N-methyl/N-ethyl adjacent to an activating group) is 1. The van der Waals surface area contributed by atoms with E-state index in [9.17, 15) is 4.39 Å². The Labute approximate surface area is 114 Å². The van der Waals surface area contributed by atoms with Gasteiger partial charge in [0.1, 0.15) is 5.82 Å². The number of benzene rings is 2. The maximum Gasteiger partial charge on any atom is 0.128 e. The summed E-state index contributed by atoms with van der Waals surface area (Å²) in [7, 11) is 1.88. The van der Waals surface area contributed by atoms with Crippen molar-refractivity contribution >= 4 is 0 Å². The summed E-state index contributed by atoms with van der Waals surface area (Å²) in [6.07, 6.45) is 0. The fourth-order valence-electron chi connectivity index (χ4n) is 2.53. The normalized spacial score (nSPS) is 14.1. The van der Waals surface area contributed by atoms with Gasteiger partial charge in [-0.3, -0.25) is 0 Å². The molecule has 2 aromatic carbocycles. The van der Waals surface area contributed by atoms with Crippen LogP contribution in [0.15, 0.2) is 48.5 Å². The molecule has 2 heteroatoms. The second kappa shape index (κ2) is 5.98. The van der Waals surface area contributed by atoms with Gasteiger partial charge in [-0.2, -0.15) is 0 Å². The maximum atomic E-state index is 14.0. The third kappa shape index (κ3) is 3.02. The maximum absolute atomic E-state index is 14.0. The van der Waals surface area contributed by atoms with Crippen LogP contribution < -0.4 is 5.32 Å². The molecule has 0 bridgehead atoms. The van der Waals surface area contributed by atoms with E-state index in [1.165, 1.54) is 5.56 Å². The van der Waals surface area contributed by atoms with Gasteiger partial charge in [0.2, 0.25) is 0 Å². The summed E-state index contributed by atoms with van der Waals surface area (Å²) in [5.41, 5.74) is 3.03. The van der Waals surface area contributed by atoms with Gasteiger partial charge in [-0.25, -0.2) is 4.39 Å². The number of hydrogen-bond acceptors (Lipinski definition) is 1. The summed E-state index contributed by atoms with van der Waals surface area (Å²) >= 11 is 0. The molecule has 0 heterocycles. The minimum Gasteiger partial charge on any atom is -0.312 e. The molecule has 19 heavy (non-hydrogen) atoms. The predicted molar refractivity (Wildman–Crippen MR) is 77.8 cm³/mol. The van der Waals surface area contributed by atoms with Crippen LogP contribution in [0.1, 0.15) is 35.6 Å². The van der Waals surface area contributed by atoms with Gasteiger partial charge in [-0.15, -0.1) is 0 Å². The molecule has 0 saturated heterocycles. The molecule has 0 aliphatic carbocycles. The Kier molecular flexibility index (Phi) is 4.33. The molecule has 2 unspecified atom stereocenters. The average Bonchev–Trinajstić information content (AvgIpc) is 2.44. The van der Waals surface area contributed by atoms with Crippen LogP contribution in [0.5, 0.6) is 0 Å². The van der Waals surface area contributed by atoms with Crippen molar-refractivity contribution in [2.24, 2.45) is 0 Å². The Balaban J connectivity index is 2.37. The van der Waals surface area contributed by atoms with Gasteiger partial charge in [-0.1, -0.05) is 55.0 Å². The highest BCUT2D eigenvalue weighted by Gasteiger charge is 2.22. The Morgan fingerprint density at radius 2 is 1.74 bits per heavy atom. The predicted octanol–water partition coefficient (Wildman–Crippen LogP) is 4.20. The Hall–Kier alpha value is -1.67. The Morgan fingerprint density at radius 3 is 2.37 bits per heavy atom. The summed E-state index contributed by atoms with van der Waals surface area (Å²) in [6, 6.07) is 15.5. The van der Waals surface area contributed by atoms with Gasteiger partial charge in [0.25, 0.3) is 0 Å². The van der Waals surface area contributed by atoms with Gasteiger partial charge in [0, 0.05) is 17.5 Å². The molecule has 2 atom stereocenters. The molecule has 2 aromatic rings. The van der Waals surface area contributed by atoms with Gasteiger partial charge in [-0.05, 0) is 25.6 Å². The molecular formula is C17H20FN. The summed E-state index contributed by atoms with van der Waals surface area (Å²) < 4.78 is 14.0. The van der Waals surface area contributed by atoms with Gasteiger partial charge < -0.3 is 5.32 Å². The first-order chi connectivity index (χ1) is 9.13. The molecule has 100 valence electrons. The van der Waals surface area contributed by atoms with E-state index in [-0.39, 0.29) is 17.8 Å². The van der Waals surface area contributed by atoms with E-state index in [4.69, 9.17) is 0 Å². The first-order valence-electron chi connectivity index (χ1n) is 6.61. The van der Waals surface area contributed by atoms with Crippen molar-refractivity contribution in [3.8, 4) is 0 Å². The lowest BCUT2D eigenvalue weighted by Crippen LogP contribution is -2.23. The molecule has 0 aliphatic heterocycles. The number of hydrogen-bond donors (Lipinski definition) is 1. The van der Waals surface area contributed by atoms with Crippen molar-refractivity contribution in [1.29, 1.82) is 0 Å². The monoisotopic (exact) mass is 257 g/mol. The van der Waals surface area contributed by atoms with E-state index in [0.717, 1.165) is 11.1 Å². The highest BCUT2D eigenvalue weighted by atomic mass is 19.1. The number of rotatable bonds is 4. The zero-order valence-electron chi connectivity index (χ0n) is 11.7. The molecule has 0 fully saturated rings. The SMILES string of the molecule is CNC(c1cc(C)ccc1F)C(C)c1ccccc1. The lowest BCUT2D eigenvalue weighted by molar-refractivity contribution is 0.478. The molecule has 0 amide bonds. The van der Waals surface area contributed by atoms with Gasteiger partial charge >= 0.3 is 0 Å². The highest BCUT2D eigenvalue weighted by Crippen LogP contribution is 2.32. The average molecular weight is 257 g/mol. The third-order valence-electron chi connectivity index (χ3n) is 3.62. The number of aryl methyl sites for hydroxylation is 1. The smallest absolute Gasteiger partial charge is 0.128 e. The van der Waals surface area contributed by atoms with Crippen LogP contribution in [0.25, 0.3) is 0 Å². The van der Waals surface area contributed by atoms with E-state index < -0.39 is 0 Å². The van der Waals surface area contributed by atoms with Crippen molar-refractivity contribution in [3.63, 3.8) is 0 Å². The first-order valence-corrected chi connectivity index (χ1v) is 6.61. The molecule has 1 N–H and O–H groups in total. The molecule has 0 radical (unpaired) electrons. The Bertz CT molecular complexity index is 536. The minimum absolute atomic E-state index is 0.0256. The second-order valence-corrected chi connectivity index (χ2v) is 4.99. The largest absolute Gasteiger partial charge is 0.312 e. The zero-order valence-corrected chi connectivity index (χ0v) is 11.7. The van der Waals surface area contributed by atoms with E-state index in [1.807, 2.05) is 38.2 Å². The summed E-state index contributed by atoms with van der Waals surface area (Å²) in [5.74, 6) is 0.0650. The van der Waals surface area contributed by atoms with E-state index >= 15 is 0 Å². The summed E-state index contributed by atoms with van der Waals surface area (Å²) in [4.78, 5) is 0. The van der Waals surface area contributed by atoms with Crippen LogP contribution in [-0.4, -0.2) is 7.05 Å². The standard InChI is InChI=1S/C17H20FN/c1-12-9-10-16(18)15(11-12)17(19-3)13(2)14-7-5-4-6-8-14/h4-11,13,17,19H,1-3H3. The van der Waals surface area contributed by atoms with Crippen LogP contribution >= 0.6 is 0 Å². The lowest BCUT2D eigenvalue weighted by atomic mass is 9.88. The molecule has 2 rings (SSSR count). The van der Waals surface area contributed by atoms with Crippen molar-refractivity contribution in [2.75, 3.05) is 7.05 Å². The van der Waals surface area contributed by atoms with Crippen molar-refractivity contribution < 1.29 is 4.39 Å². The minimum atomic E-state index is -0.146. The van der Waals surface area contributed by atoms with Gasteiger partial charge in [0.15, 0.2) is 0 Å². The third-order valence-corrected chi connectivity index (χ3v) is 3.62. The molecule has 0 saturated carbocycles. The van der Waals surface area contributed by atoms with Crippen LogP contribution in [0.4, 0.5) is 4.39 Å². The fraction of sp³-hybridized carbons (Fsp3) is 0.294. The van der Waals surface area contributed by atoms with Crippen molar-refractivity contribution in [2.45, 2.75) is 25.8 Å². The van der Waals surface area contributed by atoms with E-state index in [2.05, 4.69) is 24.4 Å². The molecule has 0 aliphatic rings. The number of halogens is 1. The van der Waals surface area contributed by atoms with Crippen LogP contribution in [0, 0.1) is 12.7 Å². The van der Waals surface area contributed by atoms with Crippen LogP contribution in [-0.2, 0) is 0 Å². The Morgan fingerprint density at radius 1 is 1.05 bits per heavy atom. The van der Waals surface area contributed by atoms with Crippen molar-refractivity contribution in [3.05, 3.63) is 71.0 Å². The van der Waals surface area contributed by atoms with Crippen LogP contribution in [0.3, 0.4) is 0 Å².